The van der Waals surface area contributed by atoms with Gasteiger partial charge in [0.2, 0.25) is 5.91 Å². The van der Waals surface area contributed by atoms with Gasteiger partial charge in [0.25, 0.3) is 0 Å². The molecule has 2 aliphatic rings. The number of nitrogens with one attached hydrogen (secondary N) is 1. The number of hydrogen-bond donors (Lipinski definition) is 2. The minimum absolute atomic E-state index is 0.0749. The Morgan fingerprint density at radius 3 is 2.41 bits per heavy atom. The summed E-state index contributed by atoms with van der Waals surface area (Å²) in [7, 11) is 0. The molecule has 0 aliphatic heterocycles. The van der Waals surface area contributed by atoms with Crippen LogP contribution in [0.3, 0.4) is 0 Å². The molecule has 1 spiro atoms. The highest BCUT2D eigenvalue weighted by atomic mass is 19.1. The molecule has 3 rings (SSSR count). The van der Waals surface area contributed by atoms with Crippen LogP contribution >= 0.6 is 0 Å². The fourth-order valence-electron chi connectivity index (χ4n) is 3.72. The number of aliphatic carboxylic acids is 1. The predicted molar refractivity (Wildman–Crippen MR) is 78.5 cm³/mol. The number of amides is 1. The Kier molecular flexibility index (Phi) is 3.46. The van der Waals surface area contributed by atoms with Crippen molar-refractivity contribution in [3.05, 3.63) is 35.6 Å². The van der Waals surface area contributed by atoms with Gasteiger partial charge in [0.05, 0.1) is 0 Å². The normalized spacial score (nSPS) is 24.7. The van der Waals surface area contributed by atoms with E-state index >= 15 is 0 Å². The van der Waals surface area contributed by atoms with Crippen LogP contribution in [0.15, 0.2) is 24.3 Å². The van der Waals surface area contributed by atoms with E-state index in [9.17, 15) is 19.1 Å². The van der Waals surface area contributed by atoms with Crippen LogP contribution in [0.2, 0.25) is 0 Å². The van der Waals surface area contributed by atoms with Crippen LogP contribution in [0.5, 0.6) is 0 Å². The van der Waals surface area contributed by atoms with E-state index in [4.69, 9.17) is 0 Å². The highest BCUT2D eigenvalue weighted by Crippen LogP contribution is 2.62. The van der Waals surface area contributed by atoms with Crippen LogP contribution in [-0.4, -0.2) is 17.0 Å². The number of rotatable bonds is 4. The van der Waals surface area contributed by atoms with E-state index in [0.29, 0.717) is 5.56 Å². The number of carboxylic acids is 1. The average molecular weight is 305 g/mol. The van der Waals surface area contributed by atoms with Crippen molar-refractivity contribution in [2.75, 3.05) is 0 Å². The van der Waals surface area contributed by atoms with E-state index in [-0.39, 0.29) is 17.2 Å². The number of benzene rings is 1. The van der Waals surface area contributed by atoms with Gasteiger partial charge in [-0.15, -0.1) is 0 Å². The van der Waals surface area contributed by atoms with Gasteiger partial charge in [0.15, 0.2) is 5.54 Å². The second kappa shape index (κ2) is 5.07. The molecule has 22 heavy (non-hydrogen) atoms. The maximum Gasteiger partial charge on any atom is 0.333 e. The van der Waals surface area contributed by atoms with E-state index in [1.807, 2.05) is 0 Å². The maximum absolute atomic E-state index is 13.0. The Morgan fingerprint density at radius 2 is 1.86 bits per heavy atom. The summed E-state index contributed by atoms with van der Waals surface area (Å²) in [4.78, 5) is 24.2. The van der Waals surface area contributed by atoms with Gasteiger partial charge in [-0.3, -0.25) is 4.79 Å². The van der Waals surface area contributed by atoms with Crippen molar-refractivity contribution >= 4 is 11.9 Å². The lowest BCUT2D eigenvalue weighted by Crippen LogP contribution is -2.50. The lowest BCUT2D eigenvalue weighted by Gasteiger charge is -2.27. The van der Waals surface area contributed by atoms with Crippen LogP contribution in [0.4, 0.5) is 4.39 Å². The molecular weight excluding hydrogens is 285 g/mol. The minimum atomic E-state index is -1.53. The molecule has 2 aliphatic carbocycles. The van der Waals surface area contributed by atoms with Crippen molar-refractivity contribution in [2.45, 2.75) is 44.6 Å². The molecule has 2 atom stereocenters. The summed E-state index contributed by atoms with van der Waals surface area (Å²) in [5.74, 6) is -1.85. The molecule has 5 heteroatoms. The summed E-state index contributed by atoms with van der Waals surface area (Å²) < 4.78 is 13.0. The highest BCUT2D eigenvalue weighted by Gasteiger charge is 2.59. The zero-order valence-electron chi connectivity index (χ0n) is 12.6. The molecule has 2 fully saturated rings. The summed E-state index contributed by atoms with van der Waals surface area (Å²) in [6, 6.07) is 5.22. The highest BCUT2D eigenvalue weighted by molar-refractivity contribution is 5.90. The van der Waals surface area contributed by atoms with Gasteiger partial charge in [0, 0.05) is 5.92 Å². The zero-order valence-corrected chi connectivity index (χ0v) is 12.6. The van der Waals surface area contributed by atoms with Crippen LogP contribution in [-0.2, 0) is 15.1 Å². The van der Waals surface area contributed by atoms with E-state index < -0.39 is 17.3 Å². The smallest absolute Gasteiger partial charge is 0.333 e. The zero-order chi connectivity index (χ0) is 16.0. The second-order valence-electron chi connectivity index (χ2n) is 6.75. The molecule has 118 valence electrons. The largest absolute Gasteiger partial charge is 0.479 e. The first-order valence-corrected chi connectivity index (χ1v) is 7.69. The Bertz CT molecular complexity index is 607. The Labute approximate surface area is 128 Å². The quantitative estimate of drug-likeness (QED) is 0.899. The molecule has 0 radical (unpaired) electrons. The van der Waals surface area contributed by atoms with Crippen LogP contribution < -0.4 is 5.32 Å². The van der Waals surface area contributed by atoms with Crippen LogP contribution in [0, 0.1) is 17.2 Å². The monoisotopic (exact) mass is 305 g/mol. The number of carbonyl (C=O) groups is 2. The summed E-state index contributed by atoms with van der Waals surface area (Å²) in [6.07, 6.45) is 5.28. The molecule has 4 nitrogen and oxygen atoms in total. The van der Waals surface area contributed by atoms with E-state index in [0.717, 1.165) is 32.1 Å². The number of hydrogen-bond acceptors (Lipinski definition) is 2. The number of carbonyl (C=O) groups excluding carboxylic acids is 1. The molecule has 2 unspecified atom stereocenters. The van der Waals surface area contributed by atoms with Crippen molar-refractivity contribution in [1.29, 1.82) is 0 Å². The first-order chi connectivity index (χ1) is 10.4. The van der Waals surface area contributed by atoms with Crippen LogP contribution in [0.25, 0.3) is 0 Å². The Morgan fingerprint density at radius 1 is 1.27 bits per heavy atom. The van der Waals surface area contributed by atoms with Gasteiger partial charge in [-0.25, -0.2) is 9.18 Å². The summed E-state index contributed by atoms with van der Waals surface area (Å²) >= 11 is 0. The lowest BCUT2D eigenvalue weighted by molar-refractivity contribution is -0.147. The minimum Gasteiger partial charge on any atom is -0.479 e. The SMILES string of the molecule is CC(NC(=O)C1CC12CCCC2)(C(=O)O)c1ccc(F)cc1. The third kappa shape index (κ3) is 2.38. The fourth-order valence-corrected chi connectivity index (χ4v) is 3.72. The fraction of sp³-hybridized carbons (Fsp3) is 0.529. The average Bonchev–Trinajstić information content (AvgIpc) is 2.97. The Balaban J connectivity index is 1.78. The van der Waals surface area contributed by atoms with Gasteiger partial charge in [-0.1, -0.05) is 25.0 Å². The number of carboxylic acid groups (broad SMARTS) is 1. The van der Waals surface area contributed by atoms with Crippen molar-refractivity contribution in [3.63, 3.8) is 0 Å². The molecule has 0 heterocycles. The molecular formula is C17H20FNO3. The maximum atomic E-state index is 13.0. The summed E-state index contributed by atoms with van der Waals surface area (Å²) in [6.45, 7) is 1.45. The summed E-state index contributed by atoms with van der Waals surface area (Å²) in [5, 5.41) is 12.2. The lowest BCUT2D eigenvalue weighted by atomic mass is 9.91. The van der Waals surface area contributed by atoms with Crippen molar-refractivity contribution in [1.82, 2.24) is 5.32 Å². The van der Waals surface area contributed by atoms with E-state index in [1.54, 1.807) is 0 Å². The molecule has 0 saturated heterocycles. The molecule has 0 bridgehead atoms. The second-order valence-corrected chi connectivity index (χ2v) is 6.75. The molecule has 2 saturated carbocycles. The Hall–Kier alpha value is -1.91. The first kappa shape index (κ1) is 15.0. The third-order valence-electron chi connectivity index (χ3n) is 5.33. The standard InChI is InChI=1S/C17H20FNO3/c1-16(15(21)22,11-4-6-12(18)7-5-11)19-14(20)13-10-17(13)8-2-3-9-17/h4-7,13H,2-3,8-10H2,1H3,(H,19,20)(H,21,22). The van der Waals surface area contributed by atoms with E-state index in [2.05, 4.69) is 5.32 Å². The summed E-state index contributed by atoms with van der Waals surface area (Å²) in [5.41, 5.74) is -1.05. The third-order valence-corrected chi connectivity index (χ3v) is 5.33. The van der Waals surface area contributed by atoms with Crippen molar-refractivity contribution in [2.24, 2.45) is 11.3 Å². The van der Waals surface area contributed by atoms with Crippen molar-refractivity contribution in [3.8, 4) is 0 Å². The van der Waals surface area contributed by atoms with Gasteiger partial charge < -0.3 is 10.4 Å². The van der Waals surface area contributed by atoms with Gasteiger partial charge in [-0.2, -0.15) is 0 Å². The predicted octanol–water partition coefficient (Wildman–Crippen LogP) is 2.82. The molecule has 0 aromatic heterocycles. The molecule has 1 amide bonds. The number of halogens is 1. The topological polar surface area (TPSA) is 66.4 Å². The van der Waals surface area contributed by atoms with Crippen LogP contribution in [0.1, 0.15) is 44.6 Å². The van der Waals surface area contributed by atoms with Gasteiger partial charge in [-0.05, 0) is 49.3 Å². The first-order valence-electron chi connectivity index (χ1n) is 7.69. The molecule has 1 aromatic rings. The van der Waals surface area contributed by atoms with Gasteiger partial charge in [0.1, 0.15) is 5.82 Å². The van der Waals surface area contributed by atoms with E-state index in [1.165, 1.54) is 31.2 Å². The molecule has 2 N–H and O–H groups in total. The molecule has 1 aromatic carbocycles. The van der Waals surface area contributed by atoms with Crippen molar-refractivity contribution < 1.29 is 19.1 Å². The van der Waals surface area contributed by atoms with Gasteiger partial charge >= 0.3 is 5.97 Å².